The molecule has 3 unspecified atom stereocenters. The molecule has 1 aliphatic heterocycles. The van der Waals surface area contributed by atoms with Crippen LogP contribution in [0.15, 0.2) is 178 Å². The van der Waals surface area contributed by atoms with Crippen molar-refractivity contribution in [3.8, 4) is 33.7 Å². The van der Waals surface area contributed by atoms with E-state index in [1.807, 2.05) is 12.1 Å². The molecule has 5 heteroatoms. The van der Waals surface area contributed by atoms with E-state index in [9.17, 15) is 0 Å². The van der Waals surface area contributed by atoms with E-state index < -0.39 is 0 Å². The molecule has 6 aromatic rings. The lowest BCUT2D eigenvalue weighted by Crippen LogP contribution is -2.38. The van der Waals surface area contributed by atoms with Crippen LogP contribution in [0.4, 0.5) is 0 Å². The minimum absolute atomic E-state index is 0.0701. The van der Waals surface area contributed by atoms with Crippen molar-refractivity contribution in [2.75, 3.05) is 0 Å². The van der Waals surface area contributed by atoms with Crippen LogP contribution in [0, 0.1) is 5.92 Å². The van der Waals surface area contributed by atoms with Crippen molar-refractivity contribution in [1.82, 2.24) is 15.5 Å². The zero-order valence-corrected chi connectivity index (χ0v) is 28.1. The SMILES string of the molecule is C1=CC(C2=NC(c3ccccc3)C=C(C3C=c4ccccc4=CC3c3nnc(-c4ccc(-c5ccc(-c6ccccc6)cc5)cc4)o3)N2)=CCC1. The van der Waals surface area contributed by atoms with Gasteiger partial charge in [0, 0.05) is 22.8 Å². The third kappa shape index (κ3) is 6.30. The maximum atomic E-state index is 6.53. The lowest BCUT2D eigenvalue weighted by molar-refractivity contribution is 0.465. The first-order valence-corrected chi connectivity index (χ1v) is 17.6. The number of aromatic nitrogens is 2. The van der Waals surface area contributed by atoms with Gasteiger partial charge in [0.1, 0.15) is 5.84 Å². The molecule has 246 valence electrons. The summed E-state index contributed by atoms with van der Waals surface area (Å²) in [6, 6.07) is 46.4. The quantitative estimate of drug-likeness (QED) is 0.186. The first-order valence-electron chi connectivity index (χ1n) is 17.6. The summed E-state index contributed by atoms with van der Waals surface area (Å²) >= 11 is 0. The second-order valence-corrected chi connectivity index (χ2v) is 13.2. The van der Waals surface area contributed by atoms with E-state index in [0.29, 0.717) is 11.8 Å². The maximum absolute atomic E-state index is 6.53. The van der Waals surface area contributed by atoms with E-state index >= 15 is 0 Å². The van der Waals surface area contributed by atoms with Gasteiger partial charge in [0.25, 0.3) is 0 Å². The summed E-state index contributed by atoms with van der Waals surface area (Å²) in [5.41, 5.74) is 8.95. The predicted molar refractivity (Wildman–Crippen MR) is 206 cm³/mol. The first kappa shape index (κ1) is 30.7. The normalized spacial score (nSPS) is 19.4. The molecule has 9 rings (SSSR count). The molecule has 5 aromatic carbocycles. The topological polar surface area (TPSA) is 63.3 Å². The van der Waals surface area contributed by atoms with Gasteiger partial charge in [-0.05, 0) is 69.3 Å². The lowest BCUT2D eigenvalue weighted by Gasteiger charge is -2.31. The molecule has 51 heavy (non-hydrogen) atoms. The highest BCUT2D eigenvalue weighted by Crippen LogP contribution is 2.38. The number of hydrogen-bond donors (Lipinski definition) is 1. The van der Waals surface area contributed by atoms with Crippen LogP contribution in [0.2, 0.25) is 0 Å². The molecular formula is C46H36N4O. The molecule has 3 atom stereocenters. The van der Waals surface area contributed by atoms with Crippen molar-refractivity contribution in [2.24, 2.45) is 10.9 Å². The highest BCUT2D eigenvalue weighted by Gasteiger charge is 2.33. The number of rotatable bonds is 7. The van der Waals surface area contributed by atoms with Crippen molar-refractivity contribution < 1.29 is 4.42 Å². The summed E-state index contributed by atoms with van der Waals surface area (Å²) in [5.74, 6) is 1.74. The second kappa shape index (κ2) is 13.5. The Kier molecular flexibility index (Phi) is 8.14. The minimum atomic E-state index is -0.172. The Bertz CT molecular complexity index is 2440. The third-order valence-corrected chi connectivity index (χ3v) is 9.92. The Morgan fingerprint density at radius 3 is 1.78 bits per heavy atom. The molecule has 0 spiro atoms. The Morgan fingerprint density at radius 1 is 0.549 bits per heavy atom. The smallest absolute Gasteiger partial charge is 0.247 e. The van der Waals surface area contributed by atoms with E-state index in [-0.39, 0.29) is 17.9 Å². The molecule has 1 N–H and O–H groups in total. The van der Waals surface area contributed by atoms with Crippen LogP contribution in [-0.4, -0.2) is 16.0 Å². The highest BCUT2D eigenvalue weighted by atomic mass is 16.4. The minimum Gasteiger partial charge on any atom is -0.420 e. The monoisotopic (exact) mass is 660 g/mol. The number of aliphatic imine (C=N–C) groups is 1. The van der Waals surface area contributed by atoms with Crippen LogP contribution in [0.25, 0.3) is 45.9 Å². The van der Waals surface area contributed by atoms with Gasteiger partial charge in [-0.15, -0.1) is 10.2 Å². The van der Waals surface area contributed by atoms with Gasteiger partial charge in [-0.25, -0.2) is 0 Å². The molecule has 1 aromatic heterocycles. The summed E-state index contributed by atoms with van der Waals surface area (Å²) < 4.78 is 6.53. The van der Waals surface area contributed by atoms with Gasteiger partial charge in [-0.1, -0.05) is 152 Å². The molecule has 0 saturated carbocycles. The predicted octanol–water partition coefficient (Wildman–Crippen LogP) is 8.95. The largest absolute Gasteiger partial charge is 0.420 e. The van der Waals surface area contributed by atoms with Gasteiger partial charge < -0.3 is 9.73 Å². The molecule has 2 heterocycles. The van der Waals surface area contributed by atoms with Gasteiger partial charge >= 0.3 is 0 Å². The average molecular weight is 661 g/mol. The first-order chi connectivity index (χ1) is 25.2. The van der Waals surface area contributed by atoms with Crippen LogP contribution < -0.4 is 15.8 Å². The van der Waals surface area contributed by atoms with Crippen molar-refractivity contribution in [1.29, 1.82) is 0 Å². The zero-order valence-electron chi connectivity index (χ0n) is 28.1. The van der Waals surface area contributed by atoms with Crippen molar-refractivity contribution in [3.05, 3.63) is 191 Å². The Balaban J connectivity index is 1.03. The van der Waals surface area contributed by atoms with Gasteiger partial charge in [0.15, 0.2) is 0 Å². The van der Waals surface area contributed by atoms with Crippen molar-refractivity contribution >= 4 is 18.0 Å². The number of hydrogen-bond acceptors (Lipinski definition) is 5. The molecule has 0 radical (unpaired) electrons. The fourth-order valence-electron chi connectivity index (χ4n) is 7.20. The second-order valence-electron chi connectivity index (χ2n) is 13.2. The zero-order chi connectivity index (χ0) is 34.0. The average Bonchev–Trinajstić information content (AvgIpc) is 3.72. The molecule has 0 bridgehead atoms. The van der Waals surface area contributed by atoms with Gasteiger partial charge in [-0.2, -0.15) is 0 Å². The van der Waals surface area contributed by atoms with E-state index in [4.69, 9.17) is 9.41 Å². The van der Waals surface area contributed by atoms with Crippen LogP contribution >= 0.6 is 0 Å². The molecule has 5 nitrogen and oxygen atoms in total. The van der Waals surface area contributed by atoms with Crippen molar-refractivity contribution in [2.45, 2.75) is 24.8 Å². The number of allylic oxidation sites excluding steroid dienone is 3. The van der Waals surface area contributed by atoms with E-state index in [1.54, 1.807) is 0 Å². The number of amidine groups is 1. The standard InChI is InChI=1S/C46H36N4O/c1-4-12-31(13-5-1)32-20-22-33(23-21-32)34-24-26-37(27-25-34)45-49-50-46(51-45)41-29-39-19-11-10-18-38(39)28-40(41)43-30-42(35-14-6-2-7-15-35)47-44(48-43)36-16-8-3-9-17-36/h1-2,4-8,10-30,40-42H,3,9H2,(H,47,48). The summed E-state index contributed by atoms with van der Waals surface area (Å²) in [6.07, 6.45) is 15.6. The fraction of sp³-hybridized carbons (Fsp3) is 0.109. The van der Waals surface area contributed by atoms with Crippen LogP contribution in [0.5, 0.6) is 0 Å². The van der Waals surface area contributed by atoms with E-state index in [2.05, 4.69) is 173 Å². The number of nitrogens with zero attached hydrogens (tertiary/aromatic N) is 3. The third-order valence-electron chi connectivity index (χ3n) is 9.92. The van der Waals surface area contributed by atoms with Crippen molar-refractivity contribution in [3.63, 3.8) is 0 Å². The van der Waals surface area contributed by atoms with Crippen LogP contribution in [0.1, 0.15) is 36.3 Å². The van der Waals surface area contributed by atoms with Crippen LogP contribution in [-0.2, 0) is 0 Å². The van der Waals surface area contributed by atoms with Crippen LogP contribution in [0.3, 0.4) is 0 Å². The maximum Gasteiger partial charge on any atom is 0.247 e. The molecular weight excluding hydrogens is 625 g/mol. The Labute approximate surface area is 297 Å². The summed E-state index contributed by atoms with van der Waals surface area (Å²) in [5, 5.41) is 15.3. The Morgan fingerprint density at radius 2 is 1.14 bits per heavy atom. The van der Waals surface area contributed by atoms with E-state index in [0.717, 1.165) is 57.4 Å². The van der Waals surface area contributed by atoms with E-state index in [1.165, 1.54) is 16.3 Å². The highest BCUT2D eigenvalue weighted by molar-refractivity contribution is 6.02. The van der Waals surface area contributed by atoms with Gasteiger partial charge in [0.2, 0.25) is 11.8 Å². The van der Waals surface area contributed by atoms with Gasteiger partial charge in [-0.3, -0.25) is 4.99 Å². The number of nitrogens with one attached hydrogen (secondary N) is 1. The summed E-state index contributed by atoms with van der Waals surface area (Å²) in [6.45, 7) is 0. The molecule has 0 amide bonds. The Hall–Kier alpha value is -6.33. The number of benzene rings is 5. The molecule has 0 fully saturated rings. The fourth-order valence-corrected chi connectivity index (χ4v) is 7.20. The summed E-state index contributed by atoms with van der Waals surface area (Å²) in [4.78, 5) is 5.19. The van der Waals surface area contributed by atoms with Gasteiger partial charge in [0.05, 0.1) is 12.0 Å². The lowest BCUT2D eigenvalue weighted by atomic mass is 9.82. The number of fused-ring (bicyclic) bond motifs is 1. The molecule has 3 aliphatic rings. The molecule has 0 saturated heterocycles. The summed E-state index contributed by atoms with van der Waals surface area (Å²) in [7, 11) is 0. The molecule has 2 aliphatic carbocycles.